The van der Waals surface area contributed by atoms with Crippen LogP contribution in [0, 0.1) is 5.82 Å². The molecule has 0 aliphatic heterocycles. The predicted octanol–water partition coefficient (Wildman–Crippen LogP) is 2.40. The zero-order valence-electron chi connectivity index (χ0n) is 6.43. The molecule has 1 aromatic carbocycles. The van der Waals surface area contributed by atoms with Gasteiger partial charge in [0, 0.05) is 12.0 Å². The van der Waals surface area contributed by atoms with E-state index in [-0.39, 0.29) is 17.8 Å². The highest BCUT2D eigenvalue weighted by molar-refractivity contribution is 9.10. The molecule has 64 valence electrons. The van der Waals surface area contributed by atoms with Crippen LogP contribution in [0.1, 0.15) is 17.9 Å². The lowest BCUT2D eigenvalue weighted by atomic mass is 10.1. The molecular weight excluding hydrogens is 221 g/mol. The second kappa shape index (κ2) is 2.82. The molecule has 1 aliphatic rings. The van der Waals surface area contributed by atoms with Crippen molar-refractivity contribution in [3.8, 4) is 0 Å². The molecule has 1 aliphatic carbocycles. The first kappa shape index (κ1) is 8.20. The van der Waals surface area contributed by atoms with E-state index in [2.05, 4.69) is 15.9 Å². The van der Waals surface area contributed by atoms with Gasteiger partial charge in [-0.05, 0) is 34.0 Å². The minimum absolute atomic E-state index is 0.157. The maximum atomic E-state index is 13.4. The normalized spacial score (nSPS) is 27.2. The molecule has 0 bridgehead atoms. The van der Waals surface area contributed by atoms with E-state index in [1.807, 2.05) is 6.07 Å². The van der Waals surface area contributed by atoms with Crippen LogP contribution in [-0.2, 0) is 0 Å². The van der Waals surface area contributed by atoms with Gasteiger partial charge in [-0.25, -0.2) is 4.39 Å². The Balaban J connectivity index is 2.38. The highest BCUT2D eigenvalue weighted by atomic mass is 79.9. The number of benzene rings is 1. The molecule has 1 aromatic rings. The first-order valence-corrected chi connectivity index (χ1v) is 4.69. The lowest BCUT2D eigenvalue weighted by molar-refractivity contribution is 0.603. The molecule has 0 spiro atoms. The second-order valence-corrected chi connectivity index (χ2v) is 4.00. The van der Waals surface area contributed by atoms with Crippen LogP contribution < -0.4 is 5.73 Å². The Morgan fingerprint density at radius 3 is 2.75 bits per heavy atom. The van der Waals surface area contributed by atoms with Gasteiger partial charge in [-0.3, -0.25) is 0 Å². The number of rotatable bonds is 1. The molecular formula is C9H9BrFN. The molecule has 12 heavy (non-hydrogen) atoms. The zero-order valence-corrected chi connectivity index (χ0v) is 8.01. The van der Waals surface area contributed by atoms with E-state index in [0.29, 0.717) is 4.47 Å². The van der Waals surface area contributed by atoms with Crippen LogP contribution in [-0.4, -0.2) is 6.04 Å². The maximum Gasteiger partial charge on any atom is 0.140 e. The highest BCUT2D eigenvalue weighted by Crippen LogP contribution is 2.41. The lowest BCUT2D eigenvalue weighted by Gasteiger charge is -2.01. The van der Waals surface area contributed by atoms with Gasteiger partial charge in [0.2, 0.25) is 0 Å². The average molecular weight is 230 g/mol. The van der Waals surface area contributed by atoms with Crippen molar-refractivity contribution in [2.45, 2.75) is 18.4 Å². The van der Waals surface area contributed by atoms with Crippen molar-refractivity contribution in [3.05, 3.63) is 34.1 Å². The molecule has 1 saturated carbocycles. The molecule has 3 heteroatoms. The fourth-order valence-electron chi connectivity index (χ4n) is 1.38. The Labute approximate surface area is 78.9 Å². The van der Waals surface area contributed by atoms with Gasteiger partial charge < -0.3 is 5.73 Å². The number of hydrogen-bond acceptors (Lipinski definition) is 1. The van der Waals surface area contributed by atoms with E-state index in [1.54, 1.807) is 12.1 Å². The Bertz CT molecular complexity index is 313. The van der Waals surface area contributed by atoms with Crippen molar-refractivity contribution in [2.75, 3.05) is 0 Å². The molecule has 0 radical (unpaired) electrons. The molecule has 1 fully saturated rings. The van der Waals surface area contributed by atoms with Gasteiger partial charge in [0.25, 0.3) is 0 Å². The average Bonchev–Trinajstić information content (AvgIpc) is 2.73. The van der Waals surface area contributed by atoms with Crippen molar-refractivity contribution in [1.82, 2.24) is 0 Å². The third-order valence-corrected chi connectivity index (χ3v) is 2.83. The summed E-state index contributed by atoms with van der Waals surface area (Å²) in [6.45, 7) is 0. The molecule has 0 amide bonds. The molecule has 2 rings (SSSR count). The smallest absolute Gasteiger partial charge is 0.140 e. The number of halogens is 2. The Morgan fingerprint density at radius 2 is 2.17 bits per heavy atom. The largest absolute Gasteiger partial charge is 0.327 e. The zero-order chi connectivity index (χ0) is 8.72. The standard InChI is InChI=1S/C9H9BrFN/c10-7-3-1-2-5(9(7)11)6-4-8(6)12/h1-3,6,8H,4,12H2/t6-,8+/m0/s1. The van der Waals surface area contributed by atoms with E-state index < -0.39 is 0 Å². The van der Waals surface area contributed by atoms with Crippen molar-refractivity contribution in [2.24, 2.45) is 5.73 Å². The van der Waals surface area contributed by atoms with Gasteiger partial charge >= 0.3 is 0 Å². The van der Waals surface area contributed by atoms with E-state index in [9.17, 15) is 4.39 Å². The summed E-state index contributed by atoms with van der Waals surface area (Å²) in [7, 11) is 0. The molecule has 1 nitrogen and oxygen atoms in total. The first-order chi connectivity index (χ1) is 5.70. The van der Waals surface area contributed by atoms with Gasteiger partial charge in [0.1, 0.15) is 5.82 Å². The molecule has 0 aromatic heterocycles. The summed E-state index contributed by atoms with van der Waals surface area (Å²) in [6.07, 6.45) is 0.910. The maximum absolute atomic E-state index is 13.4. The van der Waals surface area contributed by atoms with Gasteiger partial charge in [-0.2, -0.15) is 0 Å². The third-order valence-electron chi connectivity index (χ3n) is 2.22. The Kier molecular flexibility index (Phi) is 1.93. The van der Waals surface area contributed by atoms with Crippen LogP contribution in [0.3, 0.4) is 0 Å². The number of hydrogen-bond donors (Lipinski definition) is 1. The topological polar surface area (TPSA) is 26.0 Å². The van der Waals surface area contributed by atoms with E-state index in [0.717, 1.165) is 12.0 Å². The fraction of sp³-hybridized carbons (Fsp3) is 0.333. The summed E-state index contributed by atoms with van der Waals surface area (Å²) in [5.41, 5.74) is 6.38. The second-order valence-electron chi connectivity index (χ2n) is 3.15. The summed E-state index contributed by atoms with van der Waals surface area (Å²) in [5, 5.41) is 0. The number of nitrogens with two attached hydrogens (primary N) is 1. The van der Waals surface area contributed by atoms with Gasteiger partial charge in [0.15, 0.2) is 0 Å². The summed E-state index contributed by atoms with van der Waals surface area (Å²) in [5.74, 6) is 0.0814. The van der Waals surface area contributed by atoms with Gasteiger partial charge in [-0.15, -0.1) is 0 Å². The molecule has 0 saturated heterocycles. The quantitative estimate of drug-likeness (QED) is 0.787. The Hall–Kier alpha value is -0.410. The van der Waals surface area contributed by atoms with Crippen molar-refractivity contribution in [3.63, 3.8) is 0 Å². The lowest BCUT2D eigenvalue weighted by Crippen LogP contribution is -2.02. The van der Waals surface area contributed by atoms with Crippen molar-refractivity contribution >= 4 is 15.9 Å². The van der Waals surface area contributed by atoms with Crippen LogP contribution in [0.4, 0.5) is 4.39 Å². The van der Waals surface area contributed by atoms with Gasteiger partial charge in [0.05, 0.1) is 4.47 Å². The molecule has 0 heterocycles. The predicted molar refractivity (Wildman–Crippen MR) is 49.4 cm³/mol. The van der Waals surface area contributed by atoms with Gasteiger partial charge in [-0.1, -0.05) is 12.1 Å². The van der Waals surface area contributed by atoms with Crippen molar-refractivity contribution in [1.29, 1.82) is 0 Å². The van der Waals surface area contributed by atoms with Crippen LogP contribution >= 0.6 is 15.9 Å². The monoisotopic (exact) mass is 229 g/mol. The summed E-state index contributed by atoms with van der Waals surface area (Å²) >= 11 is 3.15. The van der Waals surface area contributed by atoms with Crippen LogP contribution in [0.25, 0.3) is 0 Å². The van der Waals surface area contributed by atoms with Crippen LogP contribution in [0.15, 0.2) is 22.7 Å². The first-order valence-electron chi connectivity index (χ1n) is 3.89. The molecule has 2 N–H and O–H groups in total. The minimum Gasteiger partial charge on any atom is -0.327 e. The SMILES string of the molecule is N[C@@H]1C[C@H]1c1cccc(Br)c1F. The fourth-order valence-corrected chi connectivity index (χ4v) is 1.76. The van der Waals surface area contributed by atoms with E-state index in [4.69, 9.17) is 5.73 Å². The molecule has 0 unspecified atom stereocenters. The van der Waals surface area contributed by atoms with E-state index in [1.165, 1.54) is 0 Å². The third kappa shape index (κ3) is 1.27. The summed E-state index contributed by atoms with van der Waals surface area (Å²) in [4.78, 5) is 0. The molecule has 2 atom stereocenters. The summed E-state index contributed by atoms with van der Waals surface area (Å²) < 4.78 is 13.9. The van der Waals surface area contributed by atoms with Crippen molar-refractivity contribution < 1.29 is 4.39 Å². The van der Waals surface area contributed by atoms with E-state index >= 15 is 0 Å². The summed E-state index contributed by atoms with van der Waals surface area (Å²) in [6, 6.07) is 5.51. The van der Waals surface area contributed by atoms with Crippen LogP contribution in [0.5, 0.6) is 0 Å². The van der Waals surface area contributed by atoms with Crippen LogP contribution in [0.2, 0.25) is 0 Å². The minimum atomic E-state index is -0.157. The Morgan fingerprint density at radius 1 is 1.50 bits per heavy atom. The highest BCUT2D eigenvalue weighted by Gasteiger charge is 2.36.